The molecule has 0 spiro atoms. The van der Waals surface area contributed by atoms with E-state index in [-0.39, 0.29) is 0 Å². The smallest absolute Gasteiger partial charge is 0.335 e. The Kier molecular flexibility index (Phi) is 2.29. The summed E-state index contributed by atoms with van der Waals surface area (Å²) in [6.07, 6.45) is 3.18. The molecule has 15 heavy (non-hydrogen) atoms. The van der Waals surface area contributed by atoms with Crippen molar-refractivity contribution < 1.29 is 14.3 Å². The van der Waals surface area contributed by atoms with E-state index < -0.39 is 5.97 Å². The molecule has 3 nitrogen and oxygen atoms in total. The highest BCUT2D eigenvalue weighted by molar-refractivity contribution is 5.91. The van der Waals surface area contributed by atoms with Crippen molar-refractivity contribution in [3.8, 4) is 11.1 Å². The Hall–Kier alpha value is -2.03. The molecule has 2 aromatic rings. The molecule has 0 aliphatic carbocycles. The van der Waals surface area contributed by atoms with E-state index in [1.165, 1.54) is 0 Å². The maximum absolute atomic E-state index is 10.9. The van der Waals surface area contributed by atoms with Crippen molar-refractivity contribution in [2.24, 2.45) is 0 Å². The Balaban J connectivity index is 2.59. The van der Waals surface area contributed by atoms with Gasteiger partial charge in [0.15, 0.2) is 0 Å². The maximum Gasteiger partial charge on any atom is 0.335 e. The van der Waals surface area contributed by atoms with Gasteiger partial charge in [-0.05, 0) is 30.2 Å². The van der Waals surface area contributed by atoms with Gasteiger partial charge in [-0.1, -0.05) is 12.1 Å². The van der Waals surface area contributed by atoms with Gasteiger partial charge < -0.3 is 9.52 Å². The fourth-order valence-corrected chi connectivity index (χ4v) is 1.60. The molecule has 1 aromatic heterocycles. The van der Waals surface area contributed by atoms with Gasteiger partial charge in [0.2, 0.25) is 0 Å². The summed E-state index contributed by atoms with van der Waals surface area (Å²) in [5, 5.41) is 8.96. The highest BCUT2D eigenvalue weighted by Crippen LogP contribution is 2.25. The zero-order valence-corrected chi connectivity index (χ0v) is 8.23. The van der Waals surface area contributed by atoms with Crippen molar-refractivity contribution in [2.75, 3.05) is 0 Å². The van der Waals surface area contributed by atoms with Crippen LogP contribution in [0.25, 0.3) is 11.1 Å². The Morgan fingerprint density at radius 2 is 2.13 bits per heavy atom. The van der Waals surface area contributed by atoms with Crippen molar-refractivity contribution in [1.29, 1.82) is 0 Å². The first-order chi connectivity index (χ1) is 7.20. The van der Waals surface area contributed by atoms with Crippen LogP contribution < -0.4 is 0 Å². The summed E-state index contributed by atoms with van der Waals surface area (Å²) >= 11 is 0. The van der Waals surface area contributed by atoms with Gasteiger partial charge in [-0.3, -0.25) is 0 Å². The van der Waals surface area contributed by atoms with Crippen LogP contribution >= 0.6 is 0 Å². The first-order valence-corrected chi connectivity index (χ1v) is 4.55. The van der Waals surface area contributed by atoms with Crippen LogP contribution in [-0.2, 0) is 0 Å². The molecule has 2 rings (SSSR count). The third-order valence-corrected chi connectivity index (χ3v) is 2.40. The Morgan fingerprint density at radius 3 is 2.73 bits per heavy atom. The van der Waals surface area contributed by atoms with Crippen LogP contribution in [0.2, 0.25) is 0 Å². The van der Waals surface area contributed by atoms with Gasteiger partial charge in [-0.25, -0.2) is 4.79 Å². The third-order valence-electron chi connectivity index (χ3n) is 2.40. The number of hydrogen-bond acceptors (Lipinski definition) is 2. The van der Waals surface area contributed by atoms with Crippen LogP contribution in [0.3, 0.4) is 0 Å². The van der Waals surface area contributed by atoms with Crippen LogP contribution in [0, 0.1) is 6.92 Å². The highest BCUT2D eigenvalue weighted by atomic mass is 16.4. The summed E-state index contributed by atoms with van der Waals surface area (Å²) in [4.78, 5) is 10.9. The van der Waals surface area contributed by atoms with E-state index in [0.717, 1.165) is 16.7 Å². The van der Waals surface area contributed by atoms with Gasteiger partial charge in [0.25, 0.3) is 0 Å². The van der Waals surface area contributed by atoms with Gasteiger partial charge in [-0.15, -0.1) is 0 Å². The average molecular weight is 202 g/mol. The minimum absolute atomic E-state index is 0.328. The maximum atomic E-state index is 10.9. The average Bonchev–Trinajstić information content (AvgIpc) is 2.70. The number of furan rings is 1. The summed E-state index contributed by atoms with van der Waals surface area (Å²) in [7, 11) is 0. The molecular formula is C12H10O3. The largest absolute Gasteiger partial charge is 0.478 e. The first-order valence-electron chi connectivity index (χ1n) is 4.55. The number of benzene rings is 1. The minimum Gasteiger partial charge on any atom is -0.478 e. The van der Waals surface area contributed by atoms with Gasteiger partial charge in [0.1, 0.15) is 0 Å². The molecule has 0 aliphatic rings. The number of rotatable bonds is 2. The van der Waals surface area contributed by atoms with Crippen molar-refractivity contribution in [3.63, 3.8) is 0 Å². The van der Waals surface area contributed by atoms with Crippen LogP contribution in [0.4, 0.5) is 0 Å². The normalized spacial score (nSPS) is 10.2. The van der Waals surface area contributed by atoms with E-state index in [4.69, 9.17) is 9.52 Å². The second-order valence-electron chi connectivity index (χ2n) is 3.30. The molecule has 0 saturated carbocycles. The minimum atomic E-state index is -0.905. The monoisotopic (exact) mass is 202 g/mol. The summed E-state index contributed by atoms with van der Waals surface area (Å²) in [6, 6.07) is 7.03. The molecule has 0 bridgehead atoms. The zero-order chi connectivity index (χ0) is 10.8. The van der Waals surface area contributed by atoms with E-state index in [1.54, 1.807) is 31.6 Å². The number of carboxylic acids is 1. The molecular weight excluding hydrogens is 192 g/mol. The number of hydrogen-bond donors (Lipinski definition) is 1. The molecule has 0 radical (unpaired) electrons. The van der Waals surface area contributed by atoms with Crippen LogP contribution in [0.1, 0.15) is 15.9 Å². The van der Waals surface area contributed by atoms with E-state index in [1.807, 2.05) is 12.1 Å². The fraction of sp³-hybridized carbons (Fsp3) is 0.0833. The molecule has 0 saturated heterocycles. The first kappa shape index (κ1) is 9.52. The summed E-state index contributed by atoms with van der Waals surface area (Å²) < 4.78 is 4.98. The van der Waals surface area contributed by atoms with Crippen molar-refractivity contribution >= 4 is 5.97 Å². The molecule has 0 unspecified atom stereocenters. The van der Waals surface area contributed by atoms with Crippen molar-refractivity contribution in [1.82, 2.24) is 0 Å². The summed E-state index contributed by atoms with van der Waals surface area (Å²) in [5.41, 5.74) is 2.87. The molecule has 0 fully saturated rings. The quantitative estimate of drug-likeness (QED) is 0.814. The number of carbonyl (C=O) groups is 1. The molecule has 3 heteroatoms. The molecule has 76 valence electrons. The zero-order valence-electron chi connectivity index (χ0n) is 8.23. The van der Waals surface area contributed by atoms with Gasteiger partial charge >= 0.3 is 5.97 Å². The molecule has 1 aromatic carbocycles. The molecule has 0 amide bonds. The molecule has 1 N–H and O–H groups in total. The Morgan fingerprint density at radius 1 is 1.33 bits per heavy atom. The fourth-order valence-electron chi connectivity index (χ4n) is 1.60. The van der Waals surface area contributed by atoms with Crippen LogP contribution in [0.15, 0.2) is 41.2 Å². The SMILES string of the molecule is Cc1c(C(=O)O)cccc1-c1ccoc1. The van der Waals surface area contributed by atoms with E-state index in [9.17, 15) is 4.79 Å². The Bertz CT molecular complexity index is 484. The lowest BCUT2D eigenvalue weighted by Crippen LogP contribution is -2.00. The predicted molar refractivity (Wildman–Crippen MR) is 55.8 cm³/mol. The van der Waals surface area contributed by atoms with Crippen molar-refractivity contribution in [2.45, 2.75) is 6.92 Å². The Labute approximate surface area is 87.0 Å². The second-order valence-corrected chi connectivity index (χ2v) is 3.30. The summed E-state index contributed by atoms with van der Waals surface area (Å²) in [5.74, 6) is -0.905. The summed E-state index contributed by atoms with van der Waals surface area (Å²) in [6.45, 7) is 1.80. The van der Waals surface area contributed by atoms with Gasteiger partial charge in [0, 0.05) is 5.56 Å². The van der Waals surface area contributed by atoms with E-state index >= 15 is 0 Å². The number of carboxylic acid groups (broad SMARTS) is 1. The van der Waals surface area contributed by atoms with E-state index in [0.29, 0.717) is 5.56 Å². The van der Waals surface area contributed by atoms with Crippen molar-refractivity contribution in [3.05, 3.63) is 47.9 Å². The highest BCUT2D eigenvalue weighted by Gasteiger charge is 2.11. The lowest BCUT2D eigenvalue weighted by Gasteiger charge is -2.05. The predicted octanol–water partition coefficient (Wildman–Crippen LogP) is 2.95. The second kappa shape index (κ2) is 3.61. The molecule has 0 atom stereocenters. The lowest BCUT2D eigenvalue weighted by atomic mass is 9.98. The number of aromatic carboxylic acids is 1. The van der Waals surface area contributed by atoms with Crippen LogP contribution in [-0.4, -0.2) is 11.1 Å². The molecule has 1 heterocycles. The van der Waals surface area contributed by atoms with Crippen LogP contribution in [0.5, 0.6) is 0 Å². The lowest BCUT2D eigenvalue weighted by molar-refractivity contribution is 0.0696. The standard InChI is InChI=1S/C12H10O3/c1-8-10(9-5-6-15-7-9)3-2-4-11(8)12(13)14/h2-7H,1H3,(H,13,14). The molecule has 0 aliphatic heterocycles. The van der Waals surface area contributed by atoms with Gasteiger partial charge in [0.05, 0.1) is 18.1 Å². The third kappa shape index (κ3) is 1.64. The van der Waals surface area contributed by atoms with Gasteiger partial charge in [-0.2, -0.15) is 0 Å². The topological polar surface area (TPSA) is 50.4 Å². The van der Waals surface area contributed by atoms with E-state index in [2.05, 4.69) is 0 Å².